The quantitative estimate of drug-likeness (QED) is 0.217. The molecule has 3 atom stereocenters. The van der Waals surface area contributed by atoms with Crippen molar-refractivity contribution in [3.63, 3.8) is 0 Å². The first-order chi connectivity index (χ1) is 26.3. The Labute approximate surface area is 323 Å². The largest absolute Gasteiger partial charge is 0.371 e. The van der Waals surface area contributed by atoms with Crippen LogP contribution in [0.3, 0.4) is 0 Å². The normalized spacial score (nSPS) is 19.3. The van der Waals surface area contributed by atoms with Crippen LogP contribution in [0, 0.1) is 11.3 Å². The molecule has 2 aliphatic heterocycles. The van der Waals surface area contributed by atoms with Gasteiger partial charge in [0, 0.05) is 44.8 Å². The van der Waals surface area contributed by atoms with Crippen LogP contribution in [-0.2, 0) is 43.1 Å². The lowest BCUT2D eigenvalue weighted by Crippen LogP contribution is -2.66. The molecular weight excluding hydrogens is 693 g/mol. The summed E-state index contributed by atoms with van der Waals surface area (Å²) in [5.74, 6) is -1.53. The van der Waals surface area contributed by atoms with Crippen molar-refractivity contribution in [2.24, 2.45) is 11.3 Å². The maximum atomic E-state index is 14.4. The number of carbonyl (C=O) groups excluding carboxylic acids is 4. The molecule has 0 bridgehead atoms. The Morgan fingerprint density at radius 1 is 0.873 bits per heavy atom. The maximum absolute atomic E-state index is 14.4. The lowest BCUT2D eigenvalue weighted by atomic mass is 9.70. The lowest BCUT2D eigenvalue weighted by Gasteiger charge is -2.51. The van der Waals surface area contributed by atoms with E-state index in [2.05, 4.69) is 60.8 Å². The van der Waals surface area contributed by atoms with E-state index in [-0.39, 0.29) is 42.2 Å². The van der Waals surface area contributed by atoms with Crippen LogP contribution in [-0.4, -0.2) is 88.6 Å². The van der Waals surface area contributed by atoms with E-state index in [1.165, 1.54) is 12.6 Å². The number of carbonyl (C=O) groups is 4. The van der Waals surface area contributed by atoms with E-state index in [1.807, 2.05) is 65.6 Å². The number of aromatic nitrogens is 2. The molecule has 2 saturated heterocycles. The number of rotatable bonds is 12. The van der Waals surface area contributed by atoms with Crippen molar-refractivity contribution in [1.82, 2.24) is 30.2 Å². The van der Waals surface area contributed by atoms with Crippen LogP contribution in [0.15, 0.2) is 97.3 Å². The standard InChI is InChI=1S/C44H52N6O5/c1-30(55-26-32-14-10-7-11-15-32)37(39(52)45-5)47-38(51)36-25-48(40(53)33-22-46-50(24-33)23-31-12-8-6-9-13-31)27-43(36)28-49(29-43)41(54)44(20-21-44)35-18-16-34(17-19-35)42(2,3)4/h6-19,22,24,30,36-37H,20-21,23,25-29H2,1-5H3,(H,45,52)(H,47,51)/t30-,36-,37+/m1/s1. The summed E-state index contributed by atoms with van der Waals surface area (Å²) in [6.45, 7) is 10.2. The molecule has 55 heavy (non-hydrogen) atoms. The van der Waals surface area contributed by atoms with E-state index in [4.69, 9.17) is 4.74 Å². The molecule has 3 aliphatic rings. The number of likely N-dealkylation sites (tertiary alicyclic amines) is 2. The minimum atomic E-state index is -0.970. The Morgan fingerprint density at radius 3 is 2.09 bits per heavy atom. The summed E-state index contributed by atoms with van der Waals surface area (Å²) in [7, 11) is 1.53. The summed E-state index contributed by atoms with van der Waals surface area (Å²) in [6.07, 6.45) is 4.22. The predicted octanol–water partition coefficient (Wildman–Crippen LogP) is 4.70. The second kappa shape index (κ2) is 15.1. The average molecular weight is 745 g/mol. The van der Waals surface area contributed by atoms with Gasteiger partial charge in [-0.15, -0.1) is 0 Å². The first kappa shape index (κ1) is 38.0. The minimum Gasteiger partial charge on any atom is -0.371 e. The van der Waals surface area contributed by atoms with Crippen molar-refractivity contribution in [2.75, 3.05) is 33.2 Å². The van der Waals surface area contributed by atoms with Crippen LogP contribution in [0.2, 0.25) is 0 Å². The van der Waals surface area contributed by atoms with Gasteiger partial charge in [-0.1, -0.05) is 106 Å². The maximum Gasteiger partial charge on any atom is 0.257 e. The van der Waals surface area contributed by atoms with Gasteiger partial charge >= 0.3 is 0 Å². The van der Waals surface area contributed by atoms with E-state index in [1.54, 1.807) is 28.9 Å². The van der Waals surface area contributed by atoms with Gasteiger partial charge in [-0.3, -0.25) is 23.9 Å². The Kier molecular flexibility index (Phi) is 10.4. The lowest BCUT2D eigenvalue weighted by molar-refractivity contribution is -0.152. The monoisotopic (exact) mass is 744 g/mol. The number of nitrogens with zero attached hydrogens (tertiary/aromatic N) is 4. The average Bonchev–Trinajstić information content (AvgIpc) is 3.68. The second-order valence-electron chi connectivity index (χ2n) is 16.7. The van der Waals surface area contributed by atoms with Gasteiger partial charge in [0.25, 0.3) is 5.91 Å². The van der Waals surface area contributed by atoms with Crippen molar-refractivity contribution >= 4 is 23.6 Å². The van der Waals surface area contributed by atoms with Gasteiger partial charge in [0.15, 0.2) is 0 Å². The van der Waals surface area contributed by atoms with Crippen molar-refractivity contribution in [3.8, 4) is 0 Å². The molecule has 2 N–H and O–H groups in total. The molecule has 1 saturated carbocycles. The van der Waals surface area contributed by atoms with Crippen molar-refractivity contribution in [2.45, 2.75) is 76.7 Å². The second-order valence-corrected chi connectivity index (χ2v) is 16.7. The van der Waals surface area contributed by atoms with E-state index < -0.39 is 28.9 Å². The summed E-state index contributed by atoms with van der Waals surface area (Å²) in [5, 5.41) is 10.1. The molecule has 288 valence electrons. The molecule has 1 spiro atoms. The third kappa shape index (κ3) is 7.80. The summed E-state index contributed by atoms with van der Waals surface area (Å²) in [5.41, 5.74) is 3.45. The zero-order chi connectivity index (χ0) is 39.0. The topological polar surface area (TPSA) is 126 Å². The van der Waals surface area contributed by atoms with Gasteiger partial charge in [-0.05, 0) is 47.4 Å². The summed E-state index contributed by atoms with van der Waals surface area (Å²) in [6, 6.07) is 27.0. The zero-order valence-electron chi connectivity index (χ0n) is 32.5. The zero-order valence-corrected chi connectivity index (χ0v) is 32.5. The SMILES string of the molecule is CNC(=O)[C@@H](NC(=O)[C@H]1CN(C(=O)c2cnn(Cc3ccccc3)c2)CC12CN(C(=O)C1(c3ccc(C(C)(C)C)cc3)CC1)C2)[C@@H](C)OCc1ccccc1. The molecule has 4 amide bonds. The molecule has 4 aromatic rings. The van der Waals surface area contributed by atoms with E-state index in [0.717, 1.165) is 29.5 Å². The van der Waals surface area contributed by atoms with Crippen molar-refractivity contribution in [1.29, 1.82) is 0 Å². The van der Waals surface area contributed by atoms with E-state index in [0.29, 0.717) is 31.7 Å². The number of ether oxygens (including phenoxy) is 1. The first-order valence-electron chi connectivity index (χ1n) is 19.3. The highest BCUT2D eigenvalue weighted by atomic mass is 16.5. The summed E-state index contributed by atoms with van der Waals surface area (Å²) < 4.78 is 7.82. The van der Waals surface area contributed by atoms with E-state index >= 15 is 0 Å². The van der Waals surface area contributed by atoms with Crippen LogP contribution in [0.5, 0.6) is 0 Å². The molecule has 1 aromatic heterocycles. The third-order valence-corrected chi connectivity index (χ3v) is 11.7. The molecule has 11 nitrogen and oxygen atoms in total. The number of likely N-dealkylation sites (N-methyl/N-ethyl adjacent to an activating group) is 1. The van der Waals surface area contributed by atoms with Gasteiger partial charge in [-0.2, -0.15) is 5.10 Å². The summed E-state index contributed by atoms with van der Waals surface area (Å²) in [4.78, 5) is 59.4. The van der Waals surface area contributed by atoms with Crippen LogP contribution < -0.4 is 10.6 Å². The third-order valence-electron chi connectivity index (χ3n) is 11.7. The van der Waals surface area contributed by atoms with Gasteiger partial charge < -0.3 is 25.2 Å². The molecule has 3 aromatic carbocycles. The van der Waals surface area contributed by atoms with Crippen LogP contribution >= 0.6 is 0 Å². The van der Waals surface area contributed by atoms with Gasteiger partial charge in [-0.25, -0.2) is 0 Å². The molecular formula is C44H52N6O5. The first-order valence-corrected chi connectivity index (χ1v) is 19.3. The number of benzene rings is 3. The Balaban J connectivity index is 1.10. The molecule has 3 fully saturated rings. The fourth-order valence-corrected chi connectivity index (χ4v) is 8.22. The Morgan fingerprint density at radius 2 is 1.49 bits per heavy atom. The highest BCUT2D eigenvalue weighted by Crippen LogP contribution is 2.53. The molecule has 7 rings (SSSR count). The van der Waals surface area contributed by atoms with Crippen LogP contribution in [0.25, 0.3) is 0 Å². The highest BCUT2D eigenvalue weighted by molar-refractivity contribution is 5.96. The number of hydrogen-bond donors (Lipinski definition) is 2. The number of nitrogens with one attached hydrogen (secondary N) is 2. The minimum absolute atomic E-state index is 0.00762. The summed E-state index contributed by atoms with van der Waals surface area (Å²) >= 11 is 0. The van der Waals surface area contributed by atoms with Gasteiger partial charge in [0.2, 0.25) is 17.7 Å². The molecule has 3 heterocycles. The van der Waals surface area contributed by atoms with Gasteiger partial charge in [0.1, 0.15) is 6.04 Å². The molecule has 11 heteroatoms. The number of amides is 4. The smallest absolute Gasteiger partial charge is 0.257 e. The van der Waals surface area contributed by atoms with Crippen molar-refractivity contribution < 1.29 is 23.9 Å². The van der Waals surface area contributed by atoms with Crippen molar-refractivity contribution in [3.05, 3.63) is 125 Å². The number of hydrogen-bond acceptors (Lipinski definition) is 6. The fraction of sp³-hybridized carbons (Fsp3) is 0.432. The van der Waals surface area contributed by atoms with Gasteiger partial charge in [0.05, 0.1) is 42.3 Å². The van der Waals surface area contributed by atoms with Crippen LogP contribution in [0.4, 0.5) is 0 Å². The Hall–Kier alpha value is -5.29. The predicted molar refractivity (Wildman–Crippen MR) is 209 cm³/mol. The molecule has 0 unspecified atom stereocenters. The molecule has 1 aliphatic carbocycles. The van der Waals surface area contributed by atoms with E-state index in [9.17, 15) is 19.2 Å². The highest BCUT2D eigenvalue weighted by Gasteiger charge is 2.63. The molecule has 0 radical (unpaired) electrons. The fourth-order valence-electron chi connectivity index (χ4n) is 8.22. The van der Waals surface area contributed by atoms with Crippen LogP contribution in [0.1, 0.15) is 73.1 Å². The Bertz CT molecular complexity index is 2010.